The van der Waals surface area contributed by atoms with E-state index in [0.717, 1.165) is 0 Å². The Labute approximate surface area is 202 Å². The Hall–Kier alpha value is -2.87. The van der Waals surface area contributed by atoms with Crippen LogP contribution < -0.4 is 27.4 Å². The average Bonchev–Trinajstić information content (AvgIpc) is 2.76. The molecule has 0 aromatic rings. The Kier molecular flexibility index (Phi) is 14.5. The van der Waals surface area contributed by atoms with Gasteiger partial charge < -0.3 is 37.6 Å². The molecule has 0 heterocycles. The van der Waals surface area contributed by atoms with Crippen molar-refractivity contribution in [1.29, 1.82) is 0 Å². The Morgan fingerprint density at radius 2 is 1.38 bits per heavy atom. The minimum atomic E-state index is -1.70. The number of carbonyl (C=O) groups excluding carboxylic acids is 4. The number of nitrogens with one attached hydrogen (secondary N) is 3. The lowest BCUT2D eigenvalue weighted by atomic mass is 9.98. The minimum absolute atomic E-state index is 0.0982. The van der Waals surface area contributed by atoms with Crippen LogP contribution in [0.1, 0.15) is 46.0 Å². The van der Waals surface area contributed by atoms with Crippen LogP contribution in [0.2, 0.25) is 0 Å². The van der Waals surface area contributed by atoms with Gasteiger partial charge in [0.2, 0.25) is 23.6 Å². The number of carboxylic acids is 2. The summed E-state index contributed by atoms with van der Waals surface area (Å²) in [5, 5.41) is 25.1. The van der Waals surface area contributed by atoms with Crippen molar-refractivity contribution in [3.05, 3.63) is 0 Å². The summed E-state index contributed by atoms with van der Waals surface area (Å²) in [6.45, 7) is 3.61. The molecule has 5 atom stereocenters. The zero-order valence-electron chi connectivity index (χ0n) is 19.5. The Morgan fingerprint density at radius 3 is 1.82 bits per heavy atom. The Morgan fingerprint density at radius 1 is 0.882 bits per heavy atom. The average molecular weight is 506 g/mol. The van der Waals surface area contributed by atoms with E-state index in [-0.39, 0.29) is 25.2 Å². The Bertz CT molecular complexity index is 750. The second-order valence-corrected chi connectivity index (χ2v) is 8.80. The molecule has 0 fully saturated rings. The quantitative estimate of drug-likeness (QED) is 0.119. The molecule has 0 saturated heterocycles. The topological polar surface area (TPSA) is 231 Å². The van der Waals surface area contributed by atoms with Crippen molar-refractivity contribution in [2.45, 2.75) is 70.1 Å². The number of carboxylic acid groups (broad SMARTS) is 2. The lowest BCUT2D eigenvalue weighted by Gasteiger charge is -2.25. The van der Waals surface area contributed by atoms with E-state index in [2.05, 4.69) is 16.0 Å². The van der Waals surface area contributed by atoms with E-state index < -0.39 is 66.2 Å². The van der Waals surface area contributed by atoms with Gasteiger partial charge in [-0.25, -0.2) is 4.79 Å². The van der Waals surface area contributed by atoms with Crippen LogP contribution in [-0.2, 0) is 28.8 Å². The molecule has 194 valence electrons. The number of primary amides is 1. The van der Waals surface area contributed by atoms with E-state index in [1.807, 2.05) is 6.92 Å². The second kappa shape index (κ2) is 15.9. The number of thioether (sulfide) groups is 1. The highest BCUT2D eigenvalue weighted by Gasteiger charge is 2.31. The molecule has 9 N–H and O–H groups in total. The first-order valence-corrected chi connectivity index (χ1v) is 12.1. The molecule has 34 heavy (non-hydrogen) atoms. The highest BCUT2D eigenvalue weighted by molar-refractivity contribution is 7.98. The number of amides is 4. The zero-order chi connectivity index (χ0) is 26.4. The first-order chi connectivity index (χ1) is 15.8. The fourth-order valence-electron chi connectivity index (χ4n) is 2.76. The third kappa shape index (κ3) is 11.8. The van der Waals surface area contributed by atoms with Crippen LogP contribution in [0.25, 0.3) is 0 Å². The van der Waals surface area contributed by atoms with Crippen molar-refractivity contribution < 1.29 is 39.0 Å². The molecule has 0 aromatic carbocycles. The molecule has 5 unspecified atom stereocenters. The van der Waals surface area contributed by atoms with Gasteiger partial charge in [0.1, 0.15) is 18.1 Å². The Balaban J connectivity index is 5.58. The first-order valence-electron chi connectivity index (χ1n) is 10.7. The van der Waals surface area contributed by atoms with Gasteiger partial charge in [-0.3, -0.25) is 24.0 Å². The van der Waals surface area contributed by atoms with Gasteiger partial charge in [0.25, 0.3) is 0 Å². The molecule has 0 bridgehead atoms. The molecule has 0 aliphatic rings. The van der Waals surface area contributed by atoms with Gasteiger partial charge in [-0.15, -0.1) is 0 Å². The maximum atomic E-state index is 12.9. The van der Waals surface area contributed by atoms with Gasteiger partial charge >= 0.3 is 11.9 Å². The molecule has 0 saturated carbocycles. The van der Waals surface area contributed by atoms with E-state index in [1.165, 1.54) is 11.8 Å². The molecule has 4 amide bonds. The van der Waals surface area contributed by atoms with E-state index in [9.17, 15) is 28.8 Å². The lowest BCUT2D eigenvalue weighted by molar-refractivity contribution is -0.147. The van der Waals surface area contributed by atoms with Crippen molar-refractivity contribution in [3.8, 4) is 0 Å². The summed E-state index contributed by atoms with van der Waals surface area (Å²) in [5.41, 5.74) is 11.1. The van der Waals surface area contributed by atoms with Crippen molar-refractivity contribution >= 4 is 47.3 Å². The standard InChI is InChI=1S/C20H35N5O8S/c1-4-10(2)16(22)19(31)24-11(5-6-14(21)26)17(29)23-12(7-8-34-3)18(30)25-13(20(32)33)9-15(27)28/h10-13,16H,4-9,22H2,1-3H3,(H2,21,26)(H,23,29)(H,24,31)(H,25,30)(H,27,28)(H,32,33). The maximum Gasteiger partial charge on any atom is 0.326 e. The van der Waals surface area contributed by atoms with Gasteiger partial charge in [0.15, 0.2) is 0 Å². The zero-order valence-corrected chi connectivity index (χ0v) is 20.4. The second-order valence-electron chi connectivity index (χ2n) is 7.82. The fraction of sp³-hybridized carbons (Fsp3) is 0.700. The molecule has 0 aromatic heterocycles. The van der Waals surface area contributed by atoms with Crippen LogP contribution >= 0.6 is 11.8 Å². The van der Waals surface area contributed by atoms with Crippen LogP contribution in [0.3, 0.4) is 0 Å². The number of nitrogens with two attached hydrogens (primary N) is 2. The number of rotatable bonds is 17. The summed E-state index contributed by atoms with van der Waals surface area (Å²) in [7, 11) is 0. The smallest absolute Gasteiger partial charge is 0.326 e. The third-order valence-corrected chi connectivity index (χ3v) is 5.75. The monoisotopic (exact) mass is 505 g/mol. The molecule has 0 rings (SSSR count). The van der Waals surface area contributed by atoms with Crippen molar-refractivity contribution in [2.75, 3.05) is 12.0 Å². The molecule has 0 aliphatic heterocycles. The van der Waals surface area contributed by atoms with E-state index >= 15 is 0 Å². The maximum absolute atomic E-state index is 12.9. The molecule has 14 heteroatoms. The van der Waals surface area contributed by atoms with Crippen LogP contribution in [0.15, 0.2) is 0 Å². The largest absolute Gasteiger partial charge is 0.481 e. The number of aliphatic carboxylic acids is 2. The number of hydrogen-bond acceptors (Lipinski definition) is 8. The van der Waals surface area contributed by atoms with Crippen molar-refractivity contribution in [3.63, 3.8) is 0 Å². The lowest BCUT2D eigenvalue weighted by Crippen LogP contribution is -2.58. The fourth-order valence-corrected chi connectivity index (χ4v) is 3.23. The third-order valence-electron chi connectivity index (χ3n) is 5.11. The number of carbonyl (C=O) groups is 6. The van der Waals surface area contributed by atoms with Crippen LogP contribution in [-0.4, -0.2) is 82.0 Å². The van der Waals surface area contributed by atoms with Crippen LogP contribution in [0.5, 0.6) is 0 Å². The first kappa shape index (κ1) is 31.1. The predicted molar refractivity (Wildman–Crippen MR) is 125 cm³/mol. The van der Waals surface area contributed by atoms with Gasteiger partial charge in [-0.1, -0.05) is 20.3 Å². The summed E-state index contributed by atoms with van der Waals surface area (Å²) < 4.78 is 0. The molecule has 13 nitrogen and oxygen atoms in total. The molecular weight excluding hydrogens is 470 g/mol. The predicted octanol–water partition coefficient (Wildman–Crippen LogP) is -1.61. The SMILES string of the molecule is CCC(C)C(N)C(=O)NC(CCC(N)=O)C(=O)NC(CCSC)C(=O)NC(CC(=O)O)C(=O)O. The highest BCUT2D eigenvalue weighted by Crippen LogP contribution is 2.08. The van der Waals surface area contributed by atoms with E-state index in [0.29, 0.717) is 12.2 Å². The summed E-state index contributed by atoms with van der Waals surface area (Å²) in [6, 6.07) is -5.05. The van der Waals surface area contributed by atoms with Gasteiger partial charge in [0, 0.05) is 6.42 Å². The van der Waals surface area contributed by atoms with Gasteiger partial charge in [-0.2, -0.15) is 11.8 Å². The summed E-state index contributed by atoms with van der Waals surface area (Å²) in [4.78, 5) is 71.4. The van der Waals surface area contributed by atoms with Crippen molar-refractivity contribution in [2.24, 2.45) is 17.4 Å². The minimum Gasteiger partial charge on any atom is -0.481 e. The normalized spacial score (nSPS) is 15.2. The summed E-state index contributed by atoms with van der Waals surface area (Å²) in [5.74, 6) is -5.75. The van der Waals surface area contributed by atoms with Crippen molar-refractivity contribution in [1.82, 2.24) is 16.0 Å². The van der Waals surface area contributed by atoms with E-state index in [1.54, 1.807) is 13.2 Å². The molecular formula is C20H35N5O8S. The molecule has 0 spiro atoms. The summed E-state index contributed by atoms with van der Waals surface area (Å²) >= 11 is 1.36. The molecule has 0 aliphatic carbocycles. The van der Waals surface area contributed by atoms with Crippen LogP contribution in [0.4, 0.5) is 0 Å². The number of hydrogen-bond donors (Lipinski definition) is 7. The summed E-state index contributed by atoms with van der Waals surface area (Å²) in [6.07, 6.45) is 1.25. The van der Waals surface area contributed by atoms with Gasteiger partial charge in [0.05, 0.1) is 12.5 Å². The van der Waals surface area contributed by atoms with Gasteiger partial charge in [-0.05, 0) is 30.8 Å². The highest BCUT2D eigenvalue weighted by atomic mass is 32.2. The van der Waals surface area contributed by atoms with E-state index in [4.69, 9.17) is 21.7 Å². The van der Waals surface area contributed by atoms with Crippen LogP contribution in [0, 0.1) is 5.92 Å². The molecule has 0 radical (unpaired) electrons.